The summed E-state index contributed by atoms with van der Waals surface area (Å²) in [5.74, 6) is 0.0411. The number of aromatic nitrogens is 2. The molecule has 4 rings (SSSR count). The number of carbonyl (C=O) groups is 2. The van der Waals surface area contributed by atoms with Crippen LogP contribution in [0.4, 0.5) is 5.69 Å². The first-order chi connectivity index (χ1) is 14.1. The largest absolute Gasteiger partial charge is 0.465 e. The van der Waals surface area contributed by atoms with Crippen LogP contribution in [0.2, 0.25) is 0 Å². The second-order valence-electron chi connectivity index (χ2n) is 7.05. The van der Waals surface area contributed by atoms with Crippen molar-refractivity contribution >= 4 is 28.5 Å². The molecule has 29 heavy (non-hydrogen) atoms. The Labute approximate surface area is 167 Å². The van der Waals surface area contributed by atoms with Crippen molar-refractivity contribution in [3.8, 4) is 0 Å². The maximum absolute atomic E-state index is 12.8. The Morgan fingerprint density at radius 2 is 1.79 bits per heavy atom. The molecule has 0 spiro atoms. The molecule has 0 radical (unpaired) electrons. The average molecular weight is 391 g/mol. The molecule has 1 N–H and O–H groups in total. The van der Waals surface area contributed by atoms with Gasteiger partial charge in [-0.3, -0.25) is 14.2 Å². The van der Waals surface area contributed by atoms with Crippen molar-refractivity contribution in [3.63, 3.8) is 0 Å². The van der Waals surface area contributed by atoms with Crippen LogP contribution in [0.15, 0.2) is 47.3 Å². The summed E-state index contributed by atoms with van der Waals surface area (Å²) >= 11 is 0. The van der Waals surface area contributed by atoms with Crippen molar-refractivity contribution in [1.82, 2.24) is 9.55 Å². The van der Waals surface area contributed by atoms with Crippen molar-refractivity contribution in [2.45, 2.75) is 32.2 Å². The van der Waals surface area contributed by atoms with E-state index in [4.69, 9.17) is 0 Å². The standard InChI is InChI=1S/C22H21N3O4/c1-29-22(28)14-6-9-16(10-7-14)23-20(26)15-8-11-17-18(13-15)24-19-5-3-2-4-12-25(19)21(17)27/h6-11,13H,2-5,12H2,1H3,(H,23,26). The molecule has 0 bridgehead atoms. The number of rotatable bonds is 3. The Morgan fingerprint density at radius 3 is 2.55 bits per heavy atom. The zero-order valence-corrected chi connectivity index (χ0v) is 16.1. The highest BCUT2D eigenvalue weighted by Gasteiger charge is 2.15. The topological polar surface area (TPSA) is 90.3 Å². The fraction of sp³-hybridized carbons (Fsp3) is 0.273. The number of amides is 1. The number of carbonyl (C=O) groups excluding carboxylic acids is 2. The van der Waals surface area contributed by atoms with Crippen molar-refractivity contribution in [2.24, 2.45) is 0 Å². The van der Waals surface area contributed by atoms with Gasteiger partial charge in [0.05, 0.1) is 23.6 Å². The molecule has 3 aromatic rings. The summed E-state index contributed by atoms with van der Waals surface area (Å²) in [6.07, 6.45) is 3.85. The Bertz CT molecular complexity index is 1150. The number of aryl methyl sites for hydroxylation is 1. The highest BCUT2D eigenvalue weighted by atomic mass is 16.5. The van der Waals surface area contributed by atoms with Gasteiger partial charge in [-0.15, -0.1) is 0 Å². The number of anilines is 1. The summed E-state index contributed by atoms with van der Waals surface area (Å²) in [6.45, 7) is 0.695. The molecule has 1 aromatic heterocycles. The van der Waals surface area contributed by atoms with Gasteiger partial charge in [0, 0.05) is 24.2 Å². The van der Waals surface area contributed by atoms with E-state index in [0.717, 1.165) is 31.5 Å². The zero-order chi connectivity index (χ0) is 20.4. The number of nitrogens with zero attached hydrogens (tertiary/aromatic N) is 2. The summed E-state index contributed by atoms with van der Waals surface area (Å²) in [5, 5.41) is 3.31. The molecule has 0 saturated heterocycles. The molecular weight excluding hydrogens is 370 g/mol. The number of fused-ring (bicyclic) bond motifs is 2. The first kappa shape index (κ1) is 18.9. The van der Waals surface area contributed by atoms with Crippen LogP contribution in [0.25, 0.3) is 10.9 Å². The van der Waals surface area contributed by atoms with E-state index in [1.165, 1.54) is 7.11 Å². The SMILES string of the molecule is COC(=O)c1ccc(NC(=O)c2ccc3c(=O)n4c(nc3c2)CCCCC4)cc1. The second-order valence-corrected chi connectivity index (χ2v) is 7.05. The lowest BCUT2D eigenvalue weighted by Gasteiger charge is -2.11. The summed E-state index contributed by atoms with van der Waals surface area (Å²) in [7, 11) is 1.32. The van der Waals surface area contributed by atoms with Gasteiger partial charge < -0.3 is 10.1 Å². The van der Waals surface area contributed by atoms with E-state index >= 15 is 0 Å². The van der Waals surface area contributed by atoms with E-state index in [9.17, 15) is 14.4 Å². The van der Waals surface area contributed by atoms with E-state index in [1.54, 1.807) is 47.0 Å². The Balaban J connectivity index is 1.61. The van der Waals surface area contributed by atoms with Crippen LogP contribution in [-0.2, 0) is 17.7 Å². The number of hydrogen-bond donors (Lipinski definition) is 1. The minimum Gasteiger partial charge on any atom is -0.465 e. The van der Waals surface area contributed by atoms with Crippen LogP contribution < -0.4 is 10.9 Å². The molecule has 0 aliphatic carbocycles. The number of esters is 1. The van der Waals surface area contributed by atoms with E-state index in [2.05, 4.69) is 15.0 Å². The number of nitrogens with one attached hydrogen (secondary N) is 1. The number of hydrogen-bond acceptors (Lipinski definition) is 5. The van der Waals surface area contributed by atoms with E-state index < -0.39 is 5.97 Å². The van der Waals surface area contributed by atoms with Crippen molar-refractivity contribution in [1.29, 1.82) is 0 Å². The molecule has 148 valence electrons. The smallest absolute Gasteiger partial charge is 0.337 e. The quantitative estimate of drug-likeness (QED) is 0.693. The first-order valence-electron chi connectivity index (χ1n) is 9.60. The first-order valence-corrected chi connectivity index (χ1v) is 9.60. The highest BCUT2D eigenvalue weighted by Crippen LogP contribution is 2.18. The van der Waals surface area contributed by atoms with Gasteiger partial charge in [-0.1, -0.05) is 6.42 Å². The van der Waals surface area contributed by atoms with Crippen LogP contribution in [0.1, 0.15) is 45.8 Å². The average Bonchev–Trinajstić information content (AvgIpc) is 2.99. The van der Waals surface area contributed by atoms with Crippen molar-refractivity contribution < 1.29 is 14.3 Å². The van der Waals surface area contributed by atoms with Gasteiger partial charge in [0.1, 0.15) is 5.82 Å². The summed E-state index contributed by atoms with van der Waals surface area (Å²) in [5.41, 5.74) is 1.87. The molecule has 1 aliphatic heterocycles. The molecule has 7 nitrogen and oxygen atoms in total. The lowest BCUT2D eigenvalue weighted by atomic mass is 10.1. The minimum absolute atomic E-state index is 0.0442. The molecule has 0 saturated carbocycles. The van der Waals surface area contributed by atoms with E-state index in [0.29, 0.717) is 34.3 Å². The van der Waals surface area contributed by atoms with Crippen molar-refractivity contribution in [2.75, 3.05) is 12.4 Å². The molecule has 1 aliphatic rings. The molecular formula is C22H21N3O4. The molecule has 0 atom stereocenters. The van der Waals surface area contributed by atoms with Crippen LogP contribution >= 0.6 is 0 Å². The molecule has 7 heteroatoms. The van der Waals surface area contributed by atoms with E-state index in [-0.39, 0.29) is 11.5 Å². The van der Waals surface area contributed by atoms with Crippen LogP contribution in [-0.4, -0.2) is 28.5 Å². The molecule has 2 heterocycles. The Hall–Kier alpha value is -3.48. The lowest BCUT2D eigenvalue weighted by molar-refractivity contribution is 0.0600. The third-order valence-electron chi connectivity index (χ3n) is 5.14. The fourth-order valence-electron chi connectivity index (χ4n) is 3.57. The van der Waals surface area contributed by atoms with E-state index in [1.807, 2.05) is 0 Å². The number of methoxy groups -OCH3 is 1. The summed E-state index contributed by atoms with van der Waals surface area (Å²) < 4.78 is 6.43. The fourth-order valence-corrected chi connectivity index (χ4v) is 3.57. The van der Waals surface area contributed by atoms with Gasteiger partial charge in [-0.25, -0.2) is 9.78 Å². The zero-order valence-electron chi connectivity index (χ0n) is 16.1. The maximum atomic E-state index is 12.8. The van der Waals surface area contributed by atoms with Gasteiger partial charge in [-0.05, 0) is 55.3 Å². The van der Waals surface area contributed by atoms with Gasteiger partial charge in [-0.2, -0.15) is 0 Å². The molecule has 2 aromatic carbocycles. The summed E-state index contributed by atoms with van der Waals surface area (Å²) in [4.78, 5) is 41.6. The number of ether oxygens (including phenoxy) is 1. The maximum Gasteiger partial charge on any atom is 0.337 e. The predicted molar refractivity (Wildman–Crippen MR) is 109 cm³/mol. The molecule has 0 unspecified atom stereocenters. The minimum atomic E-state index is -0.436. The monoisotopic (exact) mass is 391 g/mol. The normalized spacial score (nSPS) is 13.4. The van der Waals surface area contributed by atoms with Gasteiger partial charge >= 0.3 is 5.97 Å². The Morgan fingerprint density at radius 1 is 1.03 bits per heavy atom. The molecule has 0 fully saturated rings. The lowest BCUT2D eigenvalue weighted by Crippen LogP contribution is -2.24. The van der Waals surface area contributed by atoms with Crippen molar-refractivity contribution in [3.05, 3.63) is 69.8 Å². The van der Waals surface area contributed by atoms with Crippen LogP contribution in [0, 0.1) is 0 Å². The summed E-state index contributed by atoms with van der Waals surface area (Å²) in [6, 6.07) is 11.4. The van der Waals surface area contributed by atoms with Crippen LogP contribution in [0.3, 0.4) is 0 Å². The molecule has 1 amide bonds. The van der Waals surface area contributed by atoms with Gasteiger partial charge in [0.25, 0.3) is 11.5 Å². The van der Waals surface area contributed by atoms with Gasteiger partial charge in [0.2, 0.25) is 0 Å². The van der Waals surface area contributed by atoms with Crippen LogP contribution in [0.5, 0.6) is 0 Å². The third-order valence-corrected chi connectivity index (χ3v) is 5.14. The third kappa shape index (κ3) is 3.76. The van der Waals surface area contributed by atoms with Gasteiger partial charge in [0.15, 0.2) is 0 Å². The number of benzene rings is 2. The highest BCUT2D eigenvalue weighted by molar-refractivity contribution is 6.06. The predicted octanol–water partition coefficient (Wildman–Crippen LogP) is 3.16. The Kier molecular flexibility index (Phi) is 5.12. The second kappa shape index (κ2) is 7.87.